The van der Waals surface area contributed by atoms with E-state index in [0.29, 0.717) is 6.42 Å². The average Bonchev–Trinajstić information content (AvgIpc) is 2.21. The fourth-order valence-corrected chi connectivity index (χ4v) is 1.56. The van der Waals surface area contributed by atoms with E-state index in [9.17, 15) is 0 Å². The molecule has 74 valence electrons. The molecule has 0 radical (unpaired) electrons. The van der Waals surface area contributed by atoms with E-state index < -0.39 is 0 Å². The van der Waals surface area contributed by atoms with Crippen LogP contribution in [0.1, 0.15) is 24.8 Å². The molecule has 0 saturated carbocycles. The highest BCUT2D eigenvalue weighted by Gasteiger charge is 2.17. The van der Waals surface area contributed by atoms with Gasteiger partial charge < -0.3 is 5.11 Å². The van der Waals surface area contributed by atoms with Gasteiger partial charge in [0.05, 0.1) is 12.0 Å². The lowest BCUT2D eigenvalue weighted by atomic mass is 9.87. The monoisotopic (exact) mass is 189 g/mol. The van der Waals surface area contributed by atoms with Crippen LogP contribution in [0.5, 0.6) is 0 Å². The van der Waals surface area contributed by atoms with Crippen molar-refractivity contribution < 1.29 is 5.11 Å². The van der Waals surface area contributed by atoms with Crippen LogP contribution in [-0.4, -0.2) is 11.7 Å². The van der Waals surface area contributed by atoms with Crippen molar-refractivity contribution in [1.29, 1.82) is 5.26 Å². The van der Waals surface area contributed by atoms with Gasteiger partial charge in [-0.2, -0.15) is 5.26 Å². The van der Waals surface area contributed by atoms with Crippen molar-refractivity contribution in [2.24, 2.45) is 5.92 Å². The summed E-state index contributed by atoms with van der Waals surface area (Å²) in [6, 6.07) is 12.0. The van der Waals surface area contributed by atoms with Crippen molar-refractivity contribution >= 4 is 0 Å². The van der Waals surface area contributed by atoms with Crippen LogP contribution in [0.2, 0.25) is 0 Å². The molecule has 0 aliphatic rings. The van der Waals surface area contributed by atoms with Gasteiger partial charge in [0, 0.05) is 6.61 Å². The van der Waals surface area contributed by atoms with Gasteiger partial charge in [-0.15, -0.1) is 0 Å². The smallest absolute Gasteiger partial charge is 0.0739 e. The minimum atomic E-state index is -0.108. The molecule has 0 aromatic heterocycles. The molecule has 0 fully saturated rings. The Balaban J connectivity index is 2.78. The first kappa shape index (κ1) is 10.7. The SMILES string of the molecule is C[C@@H](CCO)[C@H](C#N)c1ccccc1. The molecule has 0 aliphatic carbocycles. The normalized spacial score (nSPS) is 14.4. The Morgan fingerprint density at radius 1 is 1.36 bits per heavy atom. The highest BCUT2D eigenvalue weighted by atomic mass is 16.3. The number of rotatable bonds is 4. The maximum Gasteiger partial charge on any atom is 0.0739 e. The highest BCUT2D eigenvalue weighted by Crippen LogP contribution is 2.25. The summed E-state index contributed by atoms with van der Waals surface area (Å²) in [6.07, 6.45) is 0.674. The van der Waals surface area contributed by atoms with Crippen LogP contribution in [0, 0.1) is 17.2 Å². The molecule has 2 nitrogen and oxygen atoms in total. The van der Waals surface area contributed by atoms with E-state index in [4.69, 9.17) is 10.4 Å². The molecule has 0 bridgehead atoms. The molecular weight excluding hydrogens is 174 g/mol. The van der Waals surface area contributed by atoms with Gasteiger partial charge in [-0.3, -0.25) is 0 Å². The quantitative estimate of drug-likeness (QED) is 0.789. The summed E-state index contributed by atoms with van der Waals surface area (Å²) < 4.78 is 0. The molecular formula is C12H15NO. The van der Waals surface area contributed by atoms with Crippen molar-refractivity contribution in [2.75, 3.05) is 6.61 Å². The Bertz CT molecular complexity index is 302. The van der Waals surface area contributed by atoms with Crippen LogP contribution in [-0.2, 0) is 0 Å². The predicted octanol–water partition coefficient (Wildman–Crippen LogP) is 2.31. The molecule has 1 aromatic rings. The van der Waals surface area contributed by atoms with Crippen LogP contribution in [0.4, 0.5) is 0 Å². The van der Waals surface area contributed by atoms with E-state index >= 15 is 0 Å². The predicted molar refractivity (Wildman–Crippen MR) is 55.7 cm³/mol. The second-order valence-corrected chi connectivity index (χ2v) is 3.51. The van der Waals surface area contributed by atoms with Crippen LogP contribution in [0.15, 0.2) is 30.3 Å². The molecule has 0 amide bonds. The van der Waals surface area contributed by atoms with Gasteiger partial charge in [0.1, 0.15) is 0 Å². The third-order valence-corrected chi connectivity index (χ3v) is 2.45. The van der Waals surface area contributed by atoms with Gasteiger partial charge >= 0.3 is 0 Å². The minimum Gasteiger partial charge on any atom is -0.396 e. The maximum absolute atomic E-state index is 9.04. The maximum atomic E-state index is 9.04. The van der Waals surface area contributed by atoms with Crippen molar-refractivity contribution in [3.8, 4) is 6.07 Å². The lowest BCUT2D eigenvalue weighted by Crippen LogP contribution is -2.09. The van der Waals surface area contributed by atoms with Gasteiger partial charge in [0.25, 0.3) is 0 Å². The van der Waals surface area contributed by atoms with Crippen molar-refractivity contribution in [1.82, 2.24) is 0 Å². The zero-order valence-electron chi connectivity index (χ0n) is 8.35. The van der Waals surface area contributed by atoms with E-state index in [-0.39, 0.29) is 18.4 Å². The van der Waals surface area contributed by atoms with Gasteiger partial charge in [0.15, 0.2) is 0 Å². The standard InChI is InChI=1S/C12H15NO/c1-10(7-8-14)12(9-13)11-5-3-2-4-6-11/h2-6,10,12,14H,7-8H2,1H3/t10-,12-/m0/s1. The fraction of sp³-hybridized carbons (Fsp3) is 0.417. The summed E-state index contributed by atoms with van der Waals surface area (Å²) in [5.41, 5.74) is 1.04. The third kappa shape index (κ3) is 2.58. The topological polar surface area (TPSA) is 44.0 Å². The number of hydrogen-bond acceptors (Lipinski definition) is 2. The van der Waals surface area contributed by atoms with Crippen LogP contribution < -0.4 is 0 Å². The third-order valence-electron chi connectivity index (χ3n) is 2.45. The molecule has 2 heteroatoms. The first-order chi connectivity index (χ1) is 6.79. The zero-order chi connectivity index (χ0) is 10.4. The summed E-state index contributed by atoms with van der Waals surface area (Å²) in [5, 5.41) is 17.9. The number of hydrogen-bond donors (Lipinski definition) is 1. The number of benzene rings is 1. The van der Waals surface area contributed by atoms with E-state index in [1.54, 1.807) is 0 Å². The summed E-state index contributed by atoms with van der Waals surface area (Å²) in [6.45, 7) is 2.14. The van der Waals surface area contributed by atoms with Gasteiger partial charge in [-0.25, -0.2) is 0 Å². The fourth-order valence-electron chi connectivity index (χ4n) is 1.56. The summed E-state index contributed by atoms with van der Waals surface area (Å²) in [5.74, 6) is 0.0933. The number of nitriles is 1. The van der Waals surface area contributed by atoms with Crippen LogP contribution >= 0.6 is 0 Å². The molecule has 14 heavy (non-hydrogen) atoms. The Hall–Kier alpha value is -1.33. The lowest BCUT2D eigenvalue weighted by molar-refractivity contribution is 0.257. The van der Waals surface area contributed by atoms with Crippen molar-refractivity contribution in [3.05, 3.63) is 35.9 Å². The summed E-state index contributed by atoms with van der Waals surface area (Å²) in [7, 11) is 0. The number of nitrogens with zero attached hydrogens (tertiary/aromatic N) is 1. The van der Waals surface area contributed by atoms with E-state index in [1.807, 2.05) is 37.3 Å². The molecule has 0 saturated heterocycles. The molecule has 1 aromatic carbocycles. The first-order valence-corrected chi connectivity index (χ1v) is 4.85. The summed E-state index contributed by atoms with van der Waals surface area (Å²) >= 11 is 0. The second-order valence-electron chi connectivity index (χ2n) is 3.51. The molecule has 0 spiro atoms. The highest BCUT2D eigenvalue weighted by molar-refractivity contribution is 5.25. The van der Waals surface area contributed by atoms with E-state index in [2.05, 4.69) is 6.07 Å². The van der Waals surface area contributed by atoms with Crippen LogP contribution in [0.3, 0.4) is 0 Å². The molecule has 1 rings (SSSR count). The Kier molecular flexibility index (Phi) is 4.15. The average molecular weight is 189 g/mol. The lowest BCUT2D eigenvalue weighted by Gasteiger charge is -2.16. The number of aliphatic hydroxyl groups excluding tert-OH is 1. The largest absolute Gasteiger partial charge is 0.396 e. The van der Waals surface area contributed by atoms with Gasteiger partial charge in [0.2, 0.25) is 0 Å². The van der Waals surface area contributed by atoms with E-state index in [0.717, 1.165) is 5.56 Å². The molecule has 1 N–H and O–H groups in total. The van der Waals surface area contributed by atoms with Gasteiger partial charge in [-0.05, 0) is 17.9 Å². The molecule has 0 heterocycles. The van der Waals surface area contributed by atoms with Crippen molar-refractivity contribution in [3.63, 3.8) is 0 Å². The first-order valence-electron chi connectivity index (χ1n) is 4.85. The molecule has 0 unspecified atom stereocenters. The summed E-state index contributed by atoms with van der Waals surface area (Å²) in [4.78, 5) is 0. The Labute approximate surface area is 84.8 Å². The Morgan fingerprint density at radius 3 is 2.50 bits per heavy atom. The van der Waals surface area contributed by atoms with Crippen LogP contribution in [0.25, 0.3) is 0 Å². The van der Waals surface area contributed by atoms with E-state index in [1.165, 1.54) is 0 Å². The molecule has 2 atom stereocenters. The number of aliphatic hydroxyl groups is 1. The molecule has 0 aliphatic heterocycles. The van der Waals surface area contributed by atoms with Crippen molar-refractivity contribution in [2.45, 2.75) is 19.3 Å². The second kappa shape index (κ2) is 5.41. The van der Waals surface area contributed by atoms with Gasteiger partial charge in [-0.1, -0.05) is 37.3 Å². The zero-order valence-corrected chi connectivity index (χ0v) is 8.35. The Morgan fingerprint density at radius 2 is 2.00 bits per heavy atom. The minimum absolute atomic E-state index is 0.108.